The van der Waals surface area contributed by atoms with Gasteiger partial charge in [0.2, 0.25) is 0 Å². The van der Waals surface area contributed by atoms with Gasteiger partial charge in [-0.05, 0) is 32.8 Å². The summed E-state index contributed by atoms with van der Waals surface area (Å²) in [6.07, 6.45) is 1.64. The Morgan fingerprint density at radius 1 is 1.26 bits per heavy atom. The van der Waals surface area contributed by atoms with Crippen LogP contribution in [0.3, 0.4) is 0 Å². The van der Waals surface area contributed by atoms with Gasteiger partial charge < -0.3 is 10.4 Å². The molecule has 1 amide bonds. The molecule has 0 aliphatic heterocycles. The summed E-state index contributed by atoms with van der Waals surface area (Å²) in [6, 6.07) is 1.57. The summed E-state index contributed by atoms with van der Waals surface area (Å²) in [5.41, 5.74) is 2.83. The third-order valence-electron chi connectivity index (χ3n) is 3.36. The van der Waals surface area contributed by atoms with Gasteiger partial charge in [-0.15, -0.1) is 0 Å². The average molecular weight is 317 g/mol. The van der Waals surface area contributed by atoms with Crippen LogP contribution in [0, 0.1) is 13.8 Å². The number of hydrogen-bond donors (Lipinski definition) is 2. The second kappa shape index (κ2) is 6.87. The highest BCUT2D eigenvalue weighted by Gasteiger charge is 2.21. The fraction of sp³-hybridized carbons (Fsp3) is 0.500. The fourth-order valence-corrected chi connectivity index (χ4v) is 2.25. The van der Waals surface area contributed by atoms with Crippen LogP contribution in [-0.4, -0.2) is 43.4 Å². The van der Waals surface area contributed by atoms with E-state index in [1.54, 1.807) is 13.1 Å². The molecular formula is C16H23N5O2. The van der Waals surface area contributed by atoms with E-state index in [0.29, 0.717) is 17.2 Å². The Bertz CT molecular complexity index is 688. The number of carbonyl (C=O) groups excluding carboxylic acids is 1. The number of aromatic nitrogens is 4. The summed E-state index contributed by atoms with van der Waals surface area (Å²) in [5, 5.41) is 16.3. The Kier molecular flexibility index (Phi) is 5.10. The molecule has 2 N–H and O–H groups in total. The van der Waals surface area contributed by atoms with E-state index in [9.17, 15) is 4.79 Å². The number of hydrogen-bond acceptors (Lipinski definition) is 5. The standard InChI is InChI=1S/C16H23N5O2/c1-9(2)14-13(15(23)17-12(5)8-22)7-21(20-14)16-18-10(3)6-11(4)19-16/h6-7,9,12,22H,8H2,1-5H3,(H,17,23). The lowest BCUT2D eigenvalue weighted by molar-refractivity contribution is 0.0921. The van der Waals surface area contributed by atoms with E-state index in [0.717, 1.165) is 11.4 Å². The molecule has 0 spiro atoms. The van der Waals surface area contributed by atoms with Crippen molar-refractivity contribution < 1.29 is 9.90 Å². The van der Waals surface area contributed by atoms with Gasteiger partial charge in [0.1, 0.15) is 0 Å². The van der Waals surface area contributed by atoms with Gasteiger partial charge in [0.25, 0.3) is 11.9 Å². The van der Waals surface area contributed by atoms with Crippen molar-refractivity contribution in [2.45, 2.75) is 46.6 Å². The number of aliphatic hydroxyl groups is 1. The van der Waals surface area contributed by atoms with Crippen molar-refractivity contribution in [1.82, 2.24) is 25.1 Å². The smallest absolute Gasteiger partial charge is 0.255 e. The van der Waals surface area contributed by atoms with Gasteiger partial charge in [-0.25, -0.2) is 14.6 Å². The van der Waals surface area contributed by atoms with E-state index in [4.69, 9.17) is 5.11 Å². The van der Waals surface area contributed by atoms with Crippen LogP contribution in [0.15, 0.2) is 12.3 Å². The van der Waals surface area contributed by atoms with Crippen molar-refractivity contribution in [3.8, 4) is 5.95 Å². The quantitative estimate of drug-likeness (QED) is 0.872. The molecule has 2 aromatic rings. The van der Waals surface area contributed by atoms with E-state index in [2.05, 4.69) is 20.4 Å². The molecule has 1 unspecified atom stereocenters. The van der Waals surface area contributed by atoms with Crippen molar-refractivity contribution >= 4 is 5.91 Å². The van der Waals surface area contributed by atoms with Crippen LogP contribution in [0.4, 0.5) is 0 Å². The fourth-order valence-electron chi connectivity index (χ4n) is 2.25. The second-order valence-corrected chi connectivity index (χ2v) is 6.04. The van der Waals surface area contributed by atoms with Crippen molar-refractivity contribution in [1.29, 1.82) is 0 Å². The van der Waals surface area contributed by atoms with Crippen LogP contribution in [-0.2, 0) is 0 Å². The molecule has 7 heteroatoms. The first kappa shape index (κ1) is 17.1. The summed E-state index contributed by atoms with van der Waals surface area (Å²) in [4.78, 5) is 21.1. The minimum atomic E-state index is -0.316. The van der Waals surface area contributed by atoms with Gasteiger partial charge in [-0.1, -0.05) is 13.8 Å². The first-order valence-electron chi connectivity index (χ1n) is 7.65. The Labute approximate surface area is 135 Å². The SMILES string of the molecule is Cc1cc(C)nc(-n2cc(C(=O)NC(C)CO)c(C(C)C)n2)n1. The number of nitrogens with zero attached hydrogens (tertiary/aromatic N) is 4. The monoisotopic (exact) mass is 317 g/mol. The van der Waals surface area contributed by atoms with E-state index in [1.165, 1.54) is 4.68 Å². The van der Waals surface area contributed by atoms with Crippen LogP contribution in [0.2, 0.25) is 0 Å². The summed E-state index contributed by atoms with van der Waals surface area (Å²) in [5.74, 6) is 0.261. The Morgan fingerprint density at radius 2 is 1.87 bits per heavy atom. The van der Waals surface area contributed by atoms with Crippen molar-refractivity contribution in [3.63, 3.8) is 0 Å². The maximum absolute atomic E-state index is 12.4. The second-order valence-electron chi connectivity index (χ2n) is 6.04. The lowest BCUT2D eigenvalue weighted by atomic mass is 10.1. The molecule has 124 valence electrons. The van der Waals surface area contributed by atoms with Gasteiger partial charge in [0.05, 0.1) is 17.9 Å². The highest BCUT2D eigenvalue weighted by Crippen LogP contribution is 2.19. The van der Waals surface area contributed by atoms with E-state index < -0.39 is 0 Å². The molecule has 0 aliphatic carbocycles. The first-order chi connectivity index (χ1) is 10.8. The molecule has 0 bridgehead atoms. The van der Waals surface area contributed by atoms with Crippen LogP contribution in [0.5, 0.6) is 0 Å². The zero-order valence-corrected chi connectivity index (χ0v) is 14.2. The van der Waals surface area contributed by atoms with Gasteiger partial charge in [-0.3, -0.25) is 4.79 Å². The average Bonchev–Trinajstić information content (AvgIpc) is 2.91. The Hall–Kier alpha value is -2.28. The number of amides is 1. The molecule has 0 aromatic carbocycles. The van der Waals surface area contributed by atoms with Crippen molar-refractivity contribution in [2.75, 3.05) is 6.61 Å². The first-order valence-corrected chi connectivity index (χ1v) is 7.65. The summed E-state index contributed by atoms with van der Waals surface area (Å²) >= 11 is 0. The molecule has 0 saturated carbocycles. The highest BCUT2D eigenvalue weighted by molar-refractivity contribution is 5.95. The molecule has 1 atom stereocenters. The predicted octanol–water partition coefficient (Wildman–Crippen LogP) is 1.51. The molecule has 0 radical (unpaired) electrons. The maximum atomic E-state index is 12.4. The van der Waals surface area contributed by atoms with Crippen LogP contribution >= 0.6 is 0 Å². The summed E-state index contributed by atoms with van der Waals surface area (Å²) in [7, 11) is 0. The molecule has 2 heterocycles. The number of aryl methyl sites for hydroxylation is 2. The third kappa shape index (κ3) is 3.92. The van der Waals surface area contributed by atoms with Gasteiger partial charge >= 0.3 is 0 Å². The summed E-state index contributed by atoms with van der Waals surface area (Å²) < 4.78 is 1.54. The molecular weight excluding hydrogens is 294 g/mol. The number of carbonyl (C=O) groups is 1. The molecule has 23 heavy (non-hydrogen) atoms. The molecule has 0 aliphatic rings. The third-order valence-corrected chi connectivity index (χ3v) is 3.36. The lowest BCUT2D eigenvalue weighted by Gasteiger charge is -2.11. The number of nitrogens with one attached hydrogen (secondary N) is 1. The normalized spacial score (nSPS) is 12.5. The molecule has 7 nitrogen and oxygen atoms in total. The number of rotatable bonds is 5. The minimum absolute atomic E-state index is 0.0762. The number of aliphatic hydroxyl groups excluding tert-OH is 1. The molecule has 0 fully saturated rings. The topological polar surface area (TPSA) is 92.9 Å². The zero-order valence-electron chi connectivity index (χ0n) is 14.2. The van der Waals surface area contributed by atoms with Gasteiger partial charge in [0, 0.05) is 23.6 Å². The van der Waals surface area contributed by atoms with Crippen molar-refractivity contribution in [2.24, 2.45) is 0 Å². The van der Waals surface area contributed by atoms with E-state index >= 15 is 0 Å². The largest absolute Gasteiger partial charge is 0.394 e. The van der Waals surface area contributed by atoms with Crippen molar-refractivity contribution in [3.05, 3.63) is 34.9 Å². The Balaban J connectivity index is 2.44. The van der Waals surface area contributed by atoms with Crippen LogP contribution in [0.25, 0.3) is 5.95 Å². The Morgan fingerprint density at radius 3 is 2.39 bits per heavy atom. The molecule has 2 rings (SSSR count). The zero-order chi connectivity index (χ0) is 17.1. The highest BCUT2D eigenvalue weighted by atomic mass is 16.3. The predicted molar refractivity (Wildman–Crippen MR) is 86.7 cm³/mol. The molecule has 2 aromatic heterocycles. The minimum Gasteiger partial charge on any atom is -0.394 e. The summed E-state index contributed by atoms with van der Waals surface area (Å²) in [6.45, 7) is 9.35. The van der Waals surface area contributed by atoms with Crippen LogP contribution in [0.1, 0.15) is 54.1 Å². The van der Waals surface area contributed by atoms with E-state index in [1.807, 2.05) is 33.8 Å². The molecule has 0 saturated heterocycles. The lowest BCUT2D eigenvalue weighted by Crippen LogP contribution is -2.35. The van der Waals surface area contributed by atoms with E-state index in [-0.39, 0.29) is 24.5 Å². The maximum Gasteiger partial charge on any atom is 0.255 e. The van der Waals surface area contributed by atoms with Crippen LogP contribution < -0.4 is 5.32 Å². The van der Waals surface area contributed by atoms with Gasteiger partial charge in [0.15, 0.2) is 0 Å². The van der Waals surface area contributed by atoms with Gasteiger partial charge in [-0.2, -0.15) is 5.10 Å².